The van der Waals surface area contributed by atoms with Crippen molar-refractivity contribution in [2.75, 3.05) is 11.5 Å². The molecule has 1 aliphatic rings. The molecular weight excluding hydrogens is 222 g/mol. The Morgan fingerprint density at radius 1 is 0.824 bits per heavy atom. The van der Waals surface area contributed by atoms with Gasteiger partial charge in [-0.1, -0.05) is 0 Å². The first-order valence-electron chi connectivity index (χ1n) is 5.61. The van der Waals surface area contributed by atoms with Gasteiger partial charge >= 0.3 is 0 Å². The molecule has 2 rings (SSSR count). The average Bonchev–Trinajstić information content (AvgIpc) is 2.28. The van der Waals surface area contributed by atoms with Crippen LogP contribution in [0.4, 0.5) is 20.2 Å². The number of anilines is 2. The Morgan fingerprint density at radius 2 is 1.12 bits per heavy atom. The molecule has 0 aliphatic heterocycles. The van der Waals surface area contributed by atoms with E-state index in [4.69, 9.17) is 11.5 Å². The van der Waals surface area contributed by atoms with Crippen LogP contribution < -0.4 is 11.5 Å². The van der Waals surface area contributed by atoms with Crippen LogP contribution in [0.2, 0.25) is 0 Å². The molecule has 1 aromatic carbocycles. The SMILES string of the molecule is CC1(C)c2cc(N)c(N)cc2C(C)(C)C1(F)F. The first kappa shape index (κ1) is 12.1. The third-order valence-corrected chi connectivity index (χ3v) is 4.14. The predicted octanol–water partition coefficient (Wildman–Crippen LogP) is 3.06. The summed E-state index contributed by atoms with van der Waals surface area (Å²) in [7, 11) is 0. The summed E-state index contributed by atoms with van der Waals surface area (Å²) in [5.74, 6) is -2.83. The maximum absolute atomic E-state index is 14.5. The average molecular weight is 240 g/mol. The minimum Gasteiger partial charge on any atom is -0.397 e. The summed E-state index contributed by atoms with van der Waals surface area (Å²) in [5, 5.41) is 0. The number of rotatable bonds is 0. The van der Waals surface area contributed by atoms with Crippen molar-refractivity contribution < 1.29 is 8.78 Å². The van der Waals surface area contributed by atoms with Crippen molar-refractivity contribution >= 4 is 11.4 Å². The van der Waals surface area contributed by atoms with E-state index in [9.17, 15) is 8.78 Å². The Morgan fingerprint density at radius 3 is 1.41 bits per heavy atom. The first-order valence-corrected chi connectivity index (χ1v) is 5.61. The number of nitrogen functional groups attached to an aromatic ring is 2. The highest BCUT2D eigenvalue weighted by atomic mass is 19.3. The molecule has 1 aliphatic carbocycles. The van der Waals surface area contributed by atoms with Gasteiger partial charge in [0.25, 0.3) is 5.92 Å². The van der Waals surface area contributed by atoms with Gasteiger partial charge in [-0.15, -0.1) is 0 Å². The molecule has 94 valence electrons. The van der Waals surface area contributed by atoms with Crippen LogP contribution >= 0.6 is 0 Å². The van der Waals surface area contributed by atoms with Gasteiger partial charge in [-0.25, -0.2) is 8.78 Å². The topological polar surface area (TPSA) is 52.0 Å². The van der Waals surface area contributed by atoms with Crippen molar-refractivity contribution in [1.82, 2.24) is 0 Å². The third kappa shape index (κ3) is 1.18. The van der Waals surface area contributed by atoms with Crippen molar-refractivity contribution in [3.8, 4) is 0 Å². The van der Waals surface area contributed by atoms with Crippen LogP contribution in [-0.4, -0.2) is 5.92 Å². The van der Waals surface area contributed by atoms with Crippen LogP contribution in [0, 0.1) is 0 Å². The summed E-state index contributed by atoms with van der Waals surface area (Å²) < 4.78 is 28.9. The molecule has 17 heavy (non-hydrogen) atoms. The molecule has 0 bridgehead atoms. The summed E-state index contributed by atoms with van der Waals surface area (Å²) in [5.41, 5.74) is 10.9. The second-order valence-electron chi connectivity index (χ2n) is 5.85. The van der Waals surface area contributed by atoms with Crippen LogP contribution in [-0.2, 0) is 10.8 Å². The second-order valence-corrected chi connectivity index (χ2v) is 5.85. The highest BCUT2D eigenvalue weighted by Gasteiger charge is 2.65. The van der Waals surface area contributed by atoms with Gasteiger partial charge in [0.1, 0.15) is 0 Å². The molecule has 0 aromatic heterocycles. The third-order valence-electron chi connectivity index (χ3n) is 4.14. The quantitative estimate of drug-likeness (QED) is 0.685. The molecule has 0 heterocycles. The molecular formula is C13H18F2N2. The van der Waals surface area contributed by atoms with Gasteiger partial charge in [0.2, 0.25) is 0 Å². The molecule has 0 spiro atoms. The van der Waals surface area contributed by atoms with E-state index in [2.05, 4.69) is 0 Å². The Hall–Kier alpha value is -1.32. The summed E-state index contributed by atoms with van der Waals surface area (Å²) in [6.07, 6.45) is 0. The Balaban J connectivity index is 2.83. The zero-order valence-electron chi connectivity index (χ0n) is 10.6. The van der Waals surface area contributed by atoms with Crippen LogP contribution in [0.5, 0.6) is 0 Å². The molecule has 4 N–H and O–H groups in total. The predicted molar refractivity (Wildman–Crippen MR) is 66.3 cm³/mol. The standard InChI is InChI=1S/C13H18F2N2/c1-11(2)7-5-9(16)10(17)6-8(7)12(3,4)13(11,14)15/h5-6H,16-17H2,1-4H3. The van der Waals surface area contributed by atoms with Crippen molar-refractivity contribution in [3.05, 3.63) is 23.3 Å². The van der Waals surface area contributed by atoms with Crippen molar-refractivity contribution in [2.45, 2.75) is 44.4 Å². The first-order chi connectivity index (χ1) is 7.53. The smallest absolute Gasteiger partial charge is 0.266 e. The number of fused-ring (bicyclic) bond motifs is 1. The van der Waals surface area contributed by atoms with Crippen molar-refractivity contribution in [3.63, 3.8) is 0 Å². The van der Waals surface area contributed by atoms with E-state index >= 15 is 0 Å². The fourth-order valence-corrected chi connectivity index (χ4v) is 2.79. The lowest BCUT2D eigenvalue weighted by Crippen LogP contribution is -2.46. The molecule has 4 heteroatoms. The van der Waals surface area contributed by atoms with E-state index in [0.717, 1.165) is 0 Å². The van der Waals surface area contributed by atoms with E-state index < -0.39 is 16.8 Å². The fraction of sp³-hybridized carbons (Fsp3) is 0.538. The summed E-state index contributed by atoms with van der Waals surface area (Å²) in [6, 6.07) is 3.18. The lowest BCUT2D eigenvalue weighted by molar-refractivity contribution is -0.105. The normalized spacial score (nSPS) is 23.4. The number of hydrogen-bond acceptors (Lipinski definition) is 2. The Kier molecular flexibility index (Phi) is 2.09. The van der Waals surface area contributed by atoms with E-state index in [-0.39, 0.29) is 0 Å². The van der Waals surface area contributed by atoms with Gasteiger partial charge in [0.15, 0.2) is 0 Å². The number of hydrogen-bond donors (Lipinski definition) is 2. The zero-order valence-corrected chi connectivity index (χ0v) is 10.6. The van der Waals surface area contributed by atoms with Gasteiger partial charge in [-0.2, -0.15) is 0 Å². The van der Waals surface area contributed by atoms with Gasteiger partial charge in [0.05, 0.1) is 22.2 Å². The highest BCUT2D eigenvalue weighted by Crippen LogP contribution is 2.60. The molecule has 0 atom stereocenters. The van der Waals surface area contributed by atoms with Crippen molar-refractivity contribution in [2.24, 2.45) is 0 Å². The molecule has 0 unspecified atom stereocenters. The van der Waals surface area contributed by atoms with Gasteiger partial charge < -0.3 is 11.5 Å². The minimum atomic E-state index is -2.83. The lowest BCUT2D eigenvalue weighted by atomic mass is 9.77. The summed E-state index contributed by atoms with van der Waals surface area (Å²) >= 11 is 0. The van der Waals surface area contributed by atoms with Crippen LogP contribution in [0.15, 0.2) is 12.1 Å². The highest BCUT2D eigenvalue weighted by molar-refractivity contribution is 5.69. The molecule has 0 amide bonds. The number of halogens is 2. The number of benzene rings is 1. The Bertz CT molecular complexity index is 447. The molecule has 0 saturated carbocycles. The lowest BCUT2D eigenvalue weighted by Gasteiger charge is -2.35. The summed E-state index contributed by atoms with van der Waals surface area (Å²) in [6.45, 7) is 6.21. The van der Waals surface area contributed by atoms with Gasteiger partial charge in [0, 0.05) is 0 Å². The van der Waals surface area contributed by atoms with Gasteiger partial charge in [-0.3, -0.25) is 0 Å². The van der Waals surface area contributed by atoms with Crippen molar-refractivity contribution in [1.29, 1.82) is 0 Å². The van der Waals surface area contributed by atoms with E-state index in [0.29, 0.717) is 22.5 Å². The molecule has 0 fully saturated rings. The van der Waals surface area contributed by atoms with E-state index in [1.807, 2.05) is 0 Å². The molecule has 0 saturated heterocycles. The molecule has 2 nitrogen and oxygen atoms in total. The number of nitrogens with two attached hydrogens (primary N) is 2. The fourth-order valence-electron chi connectivity index (χ4n) is 2.79. The monoisotopic (exact) mass is 240 g/mol. The minimum absolute atomic E-state index is 0.366. The van der Waals surface area contributed by atoms with Crippen LogP contribution in [0.1, 0.15) is 38.8 Å². The van der Waals surface area contributed by atoms with Crippen LogP contribution in [0.3, 0.4) is 0 Å². The maximum atomic E-state index is 14.5. The Labute approximate surface area is 100.0 Å². The summed E-state index contributed by atoms with van der Waals surface area (Å²) in [4.78, 5) is 0. The second kappa shape index (κ2) is 2.92. The van der Waals surface area contributed by atoms with Gasteiger partial charge in [-0.05, 0) is 51.0 Å². The molecule has 1 aromatic rings. The zero-order chi connectivity index (χ0) is 13.2. The number of alkyl halides is 2. The molecule has 0 radical (unpaired) electrons. The van der Waals surface area contributed by atoms with Crippen LogP contribution in [0.25, 0.3) is 0 Å². The van der Waals surface area contributed by atoms with E-state index in [1.54, 1.807) is 39.8 Å². The maximum Gasteiger partial charge on any atom is 0.266 e. The largest absolute Gasteiger partial charge is 0.397 e. The van der Waals surface area contributed by atoms with E-state index in [1.165, 1.54) is 0 Å².